The van der Waals surface area contributed by atoms with Crippen LogP contribution in [0.4, 0.5) is 0 Å². The van der Waals surface area contributed by atoms with E-state index < -0.39 is 0 Å². The molecule has 24 heavy (non-hydrogen) atoms. The molecule has 2 fully saturated rings. The van der Waals surface area contributed by atoms with Gasteiger partial charge in [-0.3, -0.25) is 9.48 Å². The van der Waals surface area contributed by atoms with Gasteiger partial charge in [-0.05, 0) is 31.2 Å². The van der Waals surface area contributed by atoms with Crippen LogP contribution in [0.2, 0.25) is 0 Å². The maximum atomic E-state index is 12.8. The van der Waals surface area contributed by atoms with Crippen LogP contribution in [0.1, 0.15) is 41.6 Å². The average molecular weight is 324 g/mol. The molecule has 2 saturated heterocycles. The van der Waals surface area contributed by atoms with Crippen molar-refractivity contribution in [3.05, 3.63) is 53.9 Å². The summed E-state index contributed by atoms with van der Waals surface area (Å²) in [5.74, 6) is 0.0839. The van der Waals surface area contributed by atoms with Gasteiger partial charge in [0, 0.05) is 31.4 Å². The zero-order valence-corrected chi connectivity index (χ0v) is 14.1. The number of carbonyl (C=O) groups excluding carboxylic acids is 1. The number of hydrogen-bond acceptors (Lipinski definition) is 3. The molecule has 2 aliphatic heterocycles. The second kappa shape index (κ2) is 6.40. The molecule has 0 saturated carbocycles. The Kier molecular flexibility index (Phi) is 4.10. The summed E-state index contributed by atoms with van der Waals surface area (Å²) >= 11 is 0. The second-order valence-corrected chi connectivity index (χ2v) is 7.09. The third-order valence-electron chi connectivity index (χ3n) is 5.38. The number of carbonyl (C=O) groups is 1. The predicted molar refractivity (Wildman–Crippen MR) is 92.8 cm³/mol. The molecule has 1 aromatic heterocycles. The maximum absolute atomic E-state index is 12.8. The molecule has 2 aromatic rings. The summed E-state index contributed by atoms with van der Waals surface area (Å²) in [7, 11) is 1.94. The van der Waals surface area contributed by atoms with Crippen LogP contribution in [0, 0.1) is 0 Å². The van der Waals surface area contributed by atoms with Crippen LogP contribution in [-0.4, -0.2) is 45.8 Å². The summed E-state index contributed by atoms with van der Waals surface area (Å²) in [6.45, 7) is 0.690. The third-order valence-corrected chi connectivity index (χ3v) is 5.38. The monoisotopic (exact) mass is 324 g/mol. The molecule has 126 valence electrons. The van der Waals surface area contributed by atoms with Crippen molar-refractivity contribution in [2.45, 2.75) is 50.4 Å². The molecule has 5 heteroatoms. The van der Waals surface area contributed by atoms with Crippen molar-refractivity contribution in [3.63, 3.8) is 0 Å². The van der Waals surface area contributed by atoms with Crippen LogP contribution in [0.15, 0.2) is 42.7 Å². The van der Waals surface area contributed by atoms with E-state index in [-0.39, 0.29) is 5.91 Å². The van der Waals surface area contributed by atoms with Gasteiger partial charge < -0.3 is 10.2 Å². The number of benzene rings is 1. The minimum absolute atomic E-state index is 0.0839. The first-order chi connectivity index (χ1) is 11.7. The molecule has 0 radical (unpaired) electrons. The minimum atomic E-state index is 0.0839. The fraction of sp³-hybridized carbons (Fsp3) is 0.474. The van der Waals surface area contributed by atoms with Crippen LogP contribution in [0.25, 0.3) is 0 Å². The van der Waals surface area contributed by atoms with E-state index >= 15 is 0 Å². The third kappa shape index (κ3) is 3.08. The van der Waals surface area contributed by atoms with Crippen LogP contribution in [-0.2, 0) is 6.54 Å². The van der Waals surface area contributed by atoms with Crippen LogP contribution in [0.3, 0.4) is 0 Å². The van der Waals surface area contributed by atoms with Gasteiger partial charge in [-0.15, -0.1) is 0 Å². The highest BCUT2D eigenvalue weighted by Gasteiger charge is 2.36. The van der Waals surface area contributed by atoms with E-state index in [2.05, 4.69) is 22.5 Å². The molecule has 1 aromatic carbocycles. The van der Waals surface area contributed by atoms with Gasteiger partial charge in [0.15, 0.2) is 0 Å². The van der Waals surface area contributed by atoms with E-state index in [0.29, 0.717) is 30.2 Å². The van der Waals surface area contributed by atoms with Gasteiger partial charge >= 0.3 is 0 Å². The van der Waals surface area contributed by atoms with Gasteiger partial charge in [0.2, 0.25) is 0 Å². The zero-order chi connectivity index (χ0) is 16.5. The lowest BCUT2D eigenvalue weighted by Crippen LogP contribution is -2.48. The van der Waals surface area contributed by atoms with Crippen molar-refractivity contribution in [1.29, 1.82) is 0 Å². The predicted octanol–water partition coefficient (Wildman–Crippen LogP) is 2.29. The van der Waals surface area contributed by atoms with Gasteiger partial charge in [-0.1, -0.05) is 30.3 Å². The Morgan fingerprint density at radius 3 is 2.67 bits per heavy atom. The zero-order valence-electron chi connectivity index (χ0n) is 14.1. The number of rotatable bonds is 4. The van der Waals surface area contributed by atoms with Crippen molar-refractivity contribution in [2.75, 3.05) is 7.05 Å². The Bertz CT molecular complexity index is 699. The molecule has 5 nitrogen and oxygen atoms in total. The molecule has 4 rings (SSSR count). The summed E-state index contributed by atoms with van der Waals surface area (Å²) in [6.07, 6.45) is 8.18. The molecule has 2 aliphatic rings. The Balaban J connectivity index is 1.43. The number of hydrogen-bond donors (Lipinski definition) is 1. The maximum Gasteiger partial charge on any atom is 0.257 e. The molecule has 2 unspecified atom stereocenters. The Hall–Kier alpha value is -2.14. The first-order valence-corrected chi connectivity index (χ1v) is 8.78. The van der Waals surface area contributed by atoms with Crippen LogP contribution >= 0.6 is 0 Å². The average Bonchev–Trinajstić information content (AvgIpc) is 3.20. The molecule has 3 heterocycles. The van der Waals surface area contributed by atoms with Crippen molar-refractivity contribution < 1.29 is 4.79 Å². The van der Waals surface area contributed by atoms with E-state index in [1.807, 2.05) is 41.0 Å². The van der Waals surface area contributed by atoms with Crippen molar-refractivity contribution in [3.8, 4) is 0 Å². The van der Waals surface area contributed by atoms with Crippen molar-refractivity contribution in [1.82, 2.24) is 20.0 Å². The number of piperidine rings is 1. The SMILES string of the molecule is CN(C(=O)c1cnn(Cc2ccccc2)c1)C1CC2CCC(C1)N2. The van der Waals surface area contributed by atoms with Gasteiger partial charge in [-0.2, -0.15) is 5.10 Å². The topological polar surface area (TPSA) is 50.2 Å². The fourth-order valence-corrected chi connectivity index (χ4v) is 4.04. The second-order valence-electron chi connectivity index (χ2n) is 7.09. The molecular formula is C19H24N4O. The van der Waals surface area contributed by atoms with E-state index in [0.717, 1.165) is 12.8 Å². The molecule has 1 N–H and O–H groups in total. The standard InChI is InChI=1S/C19H24N4O/c1-22(18-9-16-7-8-17(10-18)21-16)19(24)15-11-20-23(13-15)12-14-5-3-2-4-6-14/h2-6,11,13,16-18,21H,7-10,12H2,1H3. The lowest BCUT2D eigenvalue weighted by atomic mass is 9.98. The lowest BCUT2D eigenvalue weighted by Gasteiger charge is -2.35. The normalized spacial score (nSPS) is 25.6. The number of aromatic nitrogens is 2. The quantitative estimate of drug-likeness (QED) is 0.939. The fourth-order valence-electron chi connectivity index (χ4n) is 4.04. The smallest absolute Gasteiger partial charge is 0.257 e. The molecule has 1 amide bonds. The van der Waals surface area contributed by atoms with Gasteiger partial charge in [-0.25, -0.2) is 0 Å². The number of nitrogens with one attached hydrogen (secondary N) is 1. The summed E-state index contributed by atoms with van der Waals surface area (Å²) in [4.78, 5) is 14.7. The summed E-state index contributed by atoms with van der Waals surface area (Å²) in [5, 5.41) is 7.99. The van der Waals surface area contributed by atoms with E-state index in [9.17, 15) is 4.79 Å². The summed E-state index contributed by atoms with van der Waals surface area (Å²) in [6, 6.07) is 11.7. The summed E-state index contributed by atoms with van der Waals surface area (Å²) < 4.78 is 1.84. The largest absolute Gasteiger partial charge is 0.339 e. The number of amides is 1. The number of fused-ring (bicyclic) bond motifs is 2. The molecular weight excluding hydrogens is 300 g/mol. The van der Waals surface area contributed by atoms with Crippen LogP contribution < -0.4 is 5.32 Å². The van der Waals surface area contributed by atoms with Crippen molar-refractivity contribution in [2.24, 2.45) is 0 Å². The number of nitrogens with zero attached hydrogens (tertiary/aromatic N) is 3. The highest BCUT2D eigenvalue weighted by molar-refractivity contribution is 5.93. The Morgan fingerprint density at radius 1 is 1.25 bits per heavy atom. The first kappa shape index (κ1) is 15.4. The molecule has 0 spiro atoms. The highest BCUT2D eigenvalue weighted by Crippen LogP contribution is 2.29. The Morgan fingerprint density at radius 2 is 1.96 bits per heavy atom. The van der Waals surface area contributed by atoms with Crippen molar-refractivity contribution >= 4 is 5.91 Å². The van der Waals surface area contributed by atoms with Gasteiger partial charge in [0.25, 0.3) is 5.91 Å². The van der Waals surface area contributed by atoms with Gasteiger partial charge in [0.05, 0.1) is 18.3 Å². The Labute approximate surface area is 142 Å². The van der Waals surface area contributed by atoms with E-state index in [1.54, 1.807) is 6.20 Å². The molecule has 2 bridgehead atoms. The van der Waals surface area contributed by atoms with E-state index in [4.69, 9.17) is 0 Å². The first-order valence-electron chi connectivity index (χ1n) is 8.78. The highest BCUT2D eigenvalue weighted by atomic mass is 16.2. The van der Waals surface area contributed by atoms with E-state index in [1.165, 1.54) is 18.4 Å². The molecule has 2 atom stereocenters. The lowest BCUT2D eigenvalue weighted by molar-refractivity contribution is 0.0681. The molecule has 0 aliphatic carbocycles. The minimum Gasteiger partial charge on any atom is -0.339 e. The van der Waals surface area contributed by atoms with Crippen LogP contribution in [0.5, 0.6) is 0 Å². The van der Waals surface area contributed by atoms with Gasteiger partial charge in [0.1, 0.15) is 0 Å². The summed E-state index contributed by atoms with van der Waals surface area (Å²) in [5.41, 5.74) is 1.86.